The van der Waals surface area contributed by atoms with E-state index in [-0.39, 0.29) is 23.7 Å². The molecule has 2 aromatic carbocycles. The highest BCUT2D eigenvalue weighted by atomic mass is 19.2. The van der Waals surface area contributed by atoms with Crippen molar-refractivity contribution >= 4 is 17.5 Å². The van der Waals surface area contributed by atoms with Crippen molar-refractivity contribution in [1.29, 1.82) is 0 Å². The van der Waals surface area contributed by atoms with Crippen LogP contribution >= 0.6 is 0 Å². The van der Waals surface area contributed by atoms with Crippen LogP contribution in [0.2, 0.25) is 0 Å². The maximum Gasteiger partial charge on any atom is 0.243 e. The van der Waals surface area contributed by atoms with Crippen LogP contribution in [0.1, 0.15) is 37.8 Å². The highest BCUT2D eigenvalue weighted by molar-refractivity contribution is 5.88. The Balaban J connectivity index is 1.39. The number of nitrogens with zero attached hydrogens (tertiary/aromatic N) is 2. The predicted molar refractivity (Wildman–Crippen MR) is 124 cm³/mol. The van der Waals surface area contributed by atoms with E-state index in [4.69, 9.17) is 0 Å². The fourth-order valence-corrected chi connectivity index (χ4v) is 4.76. The zero-order valence-electron chi connectivity index (χ0n) is 19.2. The third kappa shape index (κ3) is 5.34. The van der Waals surface area contributed by atoms with Crippen LogP contribution in [0.5, 0.6) is 0 Å². The zero-order valence-corrected chi connectivity index (χ0v) is 19.2. The lowest BCUT2D eigenvalue weighted by molar-refractivity contribution is -0.142. The van der Waals surface area contributed by atoms with Crippen LogP contribution in [0.25, 0.3) is 0 Å². The highest BCUT2D eigenvalue weighted by Gasteiger charge is 2.35. The molecule has 2 aromatic rings. The SMILES string of the molecule is CC(C)CC(=O)N1Cc2ccccc2CC1C(=O)NCC1CCN(c2ccc(F)c(F)c2)C1. The third-order valence-corrected chi connectivity index (χ3v) is 6.57. The number of hydrogen-bond donors (Lipinski definition) is 1. The first-order chi connectivity index (χ1) is 15.8. The van der Waals surface area contributed by atoms with Gasteiger partial charge in [0.1, 0.15) is 6.04 Å². The molecule has 1 N–H and O–H groups in total. The van der Waals surface area contributed by atoms with Crippen LogP contribution in [0.4, 0.5) is 14.5 Å². The van der Waals surface area contributed by atoms with Crippen molar-refractivity contribution in [3.8, 4) is 0 Å². The van der Waals surface area contributed by atoms with E-state index in [9.17, 15) is 18.4 Å². The first-order valence-corrected chi connectivity index (χ1v) is 11.7. The van der Waals surface area contributed by atoms with Gasteiger partial charge < -0.3 is 15.1 Å². The summed E-state index contributed by atoms with van der Waals surface area (Å²) in [5.74, 6) is -1.41. The highest BCUT2D eigenvalue weighted by Crippen LogP contribution is 2.27. The zero-order chi connectivity index (χ0) is 23.5. The van der Waals surface area contributed by atoms with Crippen molar-refractivity contribution in [2.45, 2.75) is 45.7 Å². The van der Waals surface area contributed by atoms with Crippen LogP contribution in [0.3, 0.4) is 0 Å². The van der Waals surface area contributed by atoms with Gasteiger partial charge in [-0.2, -0.15) is 0 Å². The third-order valence-electron chi connectivity index (χ3n) is 6.57. The van der Waals surface area contributed by atoms with Gasteiger partial charge in [-0.3, -0.25) is 9.59 Å². The first kappa shape index (κ1) is 23.2. The van der Waals surface area contributed by atoms with Crippen molar-refractivity contribution in [1.82, 2.24) is 10.2 Å². The fourth-order valence-electron chi connectivity index (χ4n) is 4.76. The monoisotopic (exact) mass is 455 g/mol. The second-order valence-electron chi connectivity index (χ2n) is 9.55. The maximum atomic E-state index is 13.6. The number of hydrogen-bond acceptors (Lipinski definition) is 3. The van der Waals surface area contributed by atoms with Gasteiger partial charge in [0.05, 0.1) is 0 Å². The predicted octanol–water partition coefficient (Wildman–Crippen LogP) is 3.91. The van der Waals surface area contributed by atoms with Gasteiger partial charge in [0.25, 0.3) is 0 Å². The Morgan fingerprint density at radius 1 is 1.09 bits per heavy atom. The number of carbonyl (C=O) groups excluding carboxylic acids is 2. The summed E-state index contributed by atoms with van der Waals surface area (Å²) in [6.45, 7) is 6.33. The van der Waals surface area contributed by atoms with Crippen LogP contribution in [0.15, 0.2) is 42.5 Å². The number of anilines is 1. The van der Waals surface area contributed by atoms with Gasteiger partial charge >= 0.3 is 0 Å². The van der Waals surface area contributed by atoms with E-state index in [0.717, 1.165) is 30.2 Å². The number of rotatable bonds is 6. The number of benzene rings is 2. The molecular formula is C26H31F2N3O2. The van der Waals surface area contributed by atoms with E-state index in [2.05, 4.69) is 5.32 Å². The Morgan fingerprint density at radius 3 is 2.58 bits per heavy atom. The molecule has 0 saturated carbocycles. The normalized spacial score (nSPS) is 20.2. The summed E-state index contributed by atoms with van der Waals surface area (Å²) in [6.07, 6.45) is 1.78. The molecule has 2 atom stereocenters. The molecule has 0 aliphatic carbocycles. The smallest absolute Gasteiger partial charge is 0.243 e. The van der Waals surface area contributed by atoms with Gasteiger partial charge in [-0.25, -0.2) is 8.78 Å². The summed E-state index contributed by atoms with van der Waals surface area (Å²) in [4.78, 5) is 29.8. The molecule has 0 radical (unpaired) electrons. The molecule has 7 heteroatoms. The summed E-state index contributed by atoms with van der Waals surface area (Å²) in [7, 11) is 0. The summed E-state index contributed by atoms with van der Waals surface area (Å²) in [5.41, 5.74) is 2.85. The molecule has 0 aromatic heterocycles. The quantitative estimate of drug-likeness (QED) is 0.719. The van der Waals surface area contributed by atoms with Crippen LogP contribution < -0.4 is 10.2 Å². The standard InChI is InChI=1S/C26H31F2N3O2/c1-17(2)11-25(32)31-16-20-6-4-3-5-19(20)12-24(31)26(33)29-14-18-9-10-30(15-18)21-7-8-22(27)23(28)13-21/h3-8,13,17-18,24H,9-12,14-16H2,1-2H3,(H,29,33). The second kappa shape index (κ2) is 9.89. The van der Waals surface area contributed by atoms with Crippen LogP contribution in [-0.4, -0.2) is 42.4 Å². The van der Waals surface area contributed by atoms with E-state index in [0.29, 0.717) is 38.2 Å². The van der Waals surface area contributed by atoms with Crippen molar-refractivity contribution in [2.24, 2.45) is 11.8 Å². The van der Waals surface area contributed by atoms with Crippen molar-refractivity contribution < 1.29 is 18.4 Å². The largest absolute Gasteiger partial charge is 0.371 e. The van der Waals surface area contributed by atoms with Gasteiger partial charge in [-0.05, 0) is 41.5 Å². The van der Waals surface area contributed by atoms with Crippen LogP contribution in [0, 0.1) is 23.5 Å². The van der Waals surface area contributed by atoms with E-state index >= 15 is 0 Å². The average molecular weight is 456 g/mol. The molecule has 5 nitrogen and oxygen atoms in total. The van der Waals surface area contributed by atoms with Gasteiger partial charge in [0.15, 0.2) is 11.6 Å². The van der Waals surface area contributed by atoms with Crippen molar-refractivity contribution in [2.75, 3.05) is 24.5 Å². The Morgan fingerprint density at radius 2 is 1.85 bits per heavy atom. The lowest BCUT2D eigenvalue weighted by Gasteiger charge is -2.36. The molecule has 4 rings (SSSR count). The van der Waals surface area contributed by atoms with Gasteiger partial charge in [-0.15, -0.1) is 0 Å². The summed E-state index contributed by atoms with van der Waals surface area (Å²) in [6, 6.07) is 11.4. The molecule has 0 spiro atoms. The fraction of sp³-hybridized carbons (Fsp3) is 0.462. The summed E-state index contributed by atoms with van der Waals surface area (Å²) in [5, 5.41) is 3.06. The minimum absolute atomic E-state index is 0.00466. The van der Waals surface area contributed by atoms with E-state index < -0.39 is 17.7 Å². The second-order valence-corrected chi connectivity index (χ2v) is 9.55. The molecule has 2 aliphatic heterocycles. The molecule has 1 saturated heterocycles. The Kier molecular flexibility index (Phi) is 6.96. The lowest BCUT2D eigenvalue weighted by atomic mass is 9.92. The number of nitrogens with one attached hydrogen (secondary N) is 1. The van der Waals surface area contributed by atoms with Crippen LogP contribution in [-0.2, 0) is 22.6 Å². The number of amides is 2. The topological polar surface area (TPSA) is 52.7 Å². The molecular weight excluding hydrogens is 424 g/mol. The van der Waals surface area contributed by atoms with E-state index in [1.54, 1.807) is 11.0 Å². The van der Waals surface area contributed by atoms with E-state index in [1.165, 1.54) is 6.07 Å². The molecule has 2 heterocycles. The molecule has 2 aliphatic rings. The van der Waals surface area contributed by atoms with E-state index in [1.807, 2.05) is 43.0 Å². The number of halogens is 2. The molecule has 176 valence electrons. The molecule has 2 unspecified atom stereocenters. The molecule has 2 amide bonds. The van der Waals surface area contributed by atoms with Gasteiger partial charge in [0, 0.05) is 50.8 Å². The number of fused-ring (bicyclic) bond motifs is 1. The summed E-state index contributed by atoms with van der Waals surface area (Å²) >= 11 is 0. The average Bonchev–Trinajstić information content (AvgIpc) is 3.27. The lowest BCUT2D eigenvalue weighted by Crippen LogP contribution is -2.53. The Hall–Kier alpha value is -2.96. The molecule has 0 bridgehead atoms. The van der Waals surface area contributed by atoms with Crippen molar-refractivity contribution in [3.63, 3.8) is 0 Å². The minimum Gasteiger partial charge on any atom is -0.371 e. The van der Waals surface area contributed by atoms with Gasteiger partial charge in [0.2, 0.25) is 11.8 Å². The Bertz CT molecular complexity index is 1030. The molecule has 33 heavy (non-hydrogen) atoms. The number of carbonyl (C=O) groups is 2. The summed E-state index contributed by atoms with van der Waals surface area (Å²) < 4.78 is 26.8. The van der Waals surface area contributed by atoms with Gasteiger partial charge in [-0.1, -0.05) is 38.1 Å². The van der Waals surface area contributed by atoms with Crippen molar-refractivity contribution in [3.05, 3.63) is 65.2 Å². The first-order valence-electron chi connectivity index (χ1n) is 11.7. The minimum atomic E-state index is -0.854. The Labute approximate surface area is 193 Å². The maximum absolute atomic E-state index is 13.6. The molecule has 1 fully saturated rings.